The van der Waals surface area contributed by atoms with E-state index in [0.29, 0.717) is 4.47 Å². The van der Waals surface area contributed by atoms with Gasteiger partial charge in [-0.1, -0.05) is 11.6 Å². The lowest BCUT2D eigenvalue weighted by Gasteiger charge is -2.24. The van der Waals surface area contributed by atoms with E-state index in [1.165, 1.54) is 19.2 Å². The van der Waals surface area contributed by atoms with Crippen molar-refractivity contribution in [2.45, 2.75) is 24.3 Å². The van der Waals surface area contributed by atoms with Crippen molar-refractivity contribution in [3.8, 4) is 5.75 Å². The summed E-state index contributed by atoms with van der Waals surface area (Å²) >= 11 is 9.06. The molecule has 1 rings (SSSR count). The largest absolute Gasteiger partial charge is 0.494 e. The number of hydrogen-bond donors (Lipinski definition) is 2. The molecule has 0 unspecified atom stereocenters. The van der Waals surface area contributed by atoms with Crippen molar-refractivity contribution in [1.82, 2.24) is 4.72 Å². The molecule has 0 amide bonds. The molecule has 2 N–H and O–H groups in total. The lowest BCUT2D eigenvalue weighted by atomic mass is 10.1. The van der Waals surface area contributed by atoms with Crippen molar-refractivity contribution in [1.29, 1.82) is 0 Å². The van der Waals surface area contributed by atoms with Crippen molar-refractivity contribution >= 4 is 37.6 Å². The molecule has 19 heavy (non-hydrogen) atoms. The molecular formula is C11H15BrClNO4S. The SMILES string of the molecule is COc1c(Br)cc(Cl)cc1S(=O)(=O)NC(C)(C)CO. The Labute approximate surface area is 126 Å². The molecule has 0 spiro atoms. The molecular weight excluding hydrogens is 358 g/mol. The Morgan fingerprint density at radius 2 is 2.05 bits per heavy atom. The van der Waals surface area contributed by atoms with E-state index in [1.807, 2.05) is 0 Å². The molecule has 1 aromatic rings. The number of halogens is 2. The summed E-state index contributed by atoms with van der Waals surface area (Å²) < 4.78 is 32.5. The lowest BCUT2D eigenvalue weighted by molar-refractivity contribution is 0.208. The summed E-state index contributed by atoms with van der Waals surface area (Å²) in [6.45, 7) is 2.80. The molecule has 1 aromatic carbocycles. The van der Waals surface area contributed by atoms with Crippen LogP contribution in [0.1, 0.15) is 13.8 Å². The topological polar surface area (TPSA) is 75.6 Å². The molecule has 0 atom stereocenters. The maximum atomic E-state index is 12.3. The number of rotatable bonds is 5. The van der Waals surface area contributed by atoms with Crippen molar-refractivity contribution in [3.63, 3.8) is 0 Å². The zero-order valence-corrected chi connectivity index (χ0v) is 13.9. The Hall–Kier alpha value is -0.340. The Bertz CT molecular complexity index is 574. The number of aliphatic hydroxyl groups is 1. The summed E-state index contributed by atoms with van der Waals surface area (Å²) in [6.07, 6.45) is 0. The van der Waals surface area contributed by atoms with E-state index in [2.05, 4.69) is 20.7 Å². The van der Waals surface area contributed by atoms with E-state index in [1.54, 1.807) is 13.8 Å². The predicted octanol–water partition coefficient (Wildman–Crippen LogP) is 2.16. The highest BCUT2D eigenvalue weighted by Gasteiger charge is 2.29. The first-order valence-corrected chi connectivity index (χ1v) is 7.96. The average Bonchev–Trinajstić information content (AvgIpc) is 2.27. The summed E-state index contributed by atoms with van der Waals surface area (Å²) in [5, 5.41) is 9.41. The van der Waals surface area contributed by atoms with Crippen LogP contribution in [0.25, 0.3) is 0 Å². The number of nitrogens with one attached hydrogen (secondary N) is 1. The number of hydrogen-bond acceptors (Lipinski definition) is 4. The second-order valence-electron chi connectivity index (χ2n) is 4.57. The summed E-state index contributed by atoms with van der Waals surface area (Å²) in [4.78, 5) is -0.0871. The zero-order valence-electron chi connectivity index (χ0n) is 10.7. The third-order valence-electron chi connectivity index (χ3n) is 2.27. The van der Waals surface area contributed by atoms with Crippen LogP contribution in [0.5, 0.6) is 5.75 Å². The second kappa shape index (κ2) is 5.97. The minimum absolute atomic E-state index is 0.0871. The highest BCUT2D eigenvalue weighted by Crippen LogP contribution is 2.35. The maximum Gasteiger partial charge on any atom is 0.244 e. The van der Waals surface area contributed by atoms with Gasteiger partial charge in [0, 0.05) is 5.02 Å². The molecule has 0 aliphatic rings. The Kier molecular flexibility index (Phi) is 5.25. The van der Waals surface area contributed by atoms with Crippen LogP contribution in [-0.2, 0) is 10.0 Å². The molecule has 108 valence electrons. The molecule has 0 aliphatic carbocycles. The molecule has 0 fully saturated rings. The number of ether oxygens (including phenoxy) is 1. The van der Waals surface area contributed by atoms with Gasteiger partial charge >= 0.3 is 0 Å². The minimum atomic E-state index is -3.87. The van der Waals surface area contributed by atoms with Crippen LogP contribution in [0.15, 0.2) is 21.5 Å². The van der Waals surface area contributed by atoms with Crippen LogP contribution >= 0.6 is 27.5 Å². The molecule has 0 aromatic heterocycles. The highest BCUT2D eigenvalue weighted by atomic mass is 79.9. The quantitative estimate of drug-likeness (QED) is 0.830. The van der Waals surface area contributed by atoms with Gasteiger partial charge in [-0.15, -0.1) is 0 Å². The van der Waals surface area contributed by atoms with Crippen molar-refractivity contribution in [2.24, 2.45) is 0 Å². The first-order chi connectivity index (χ1) is 8.63. The highest BCUT2D eigenvalue weighted by molar-refractivity contribution is 9.10. The van der Waals surface area contributed by atoms with E-state index in [-0.39, 0.29) is 22.3 Å². The third kappa shape index (κ3) is 4.06. The van der Waals surface area contributed by atoms with Crippen molar-refractivity contribution < 1.29 is 18.3 Å². The van der Waals surface area contributed by atoms with E-state index >= 15 is 0 Å². The van der Waals surface area contributed by atoms with Crippen LogP contribution in [0.2, 0.25) is 5.02 Å². The van der Waals surface area contributed by atoms with Gasteiger partial charge in [-0.3, -0.25) is 0 Å². The van der Waals surface area contributed by atoms with Gasteiger partial charge < -0.3 is 9.84 Å². The Morgan fingerprint density at radius 1 is 1.47 bits per heavy atom. The standard InChI is InChI=1S/C11H15BrClNO4S/c1-11(2,6-15)14-19(16,17)9-5-7(13)4-8(12)10(9)18-3/h4-5,14-15H,6H2,1-3H3. The molecule has 0 saturated heterocycles. The normalized spacial score (nSPS) is 12.5. The van der Waals surface area contributed by atoms with Gasteiger partial charge in [0.2, 0.25) is 10.0 Å². The van der Waals surface area contributed by atoms with Gasteiger partial charge in [-0.2, -0.15) is 0 Å². The van der Waals surface area contributed by atoms with Crippen LogP contribution in [-0.4, -0.2) is 32.8 Å². The van der Waals surface area contributed by atoms with E-state index in [4.69, 9.17) is 21.4 Å². The zero-order chi connectivity index (χ0) is 14.8. The molecule has 8 heteroatoms. The molecule has 0 aliphatic heterocycles. The number of methoxy groups -OCH3 is 1. The van der Waals surface area contributed by atoms with Crippen molar-refractivity contribution in [3.05, 3.63) is 21.6 Å². The lowest BCUT2D eigenvalue weighted by Crippen LogP contribution is -2.46. The number of benzene rings is 1. The minimum Gasteiger partial charge on any atom is -0.494 e. The molecule has 0 heterocycles. The maximum absolute atomic E-state index is 12.3. The van der Waals surface area contributed by atoms with Gasteiger partial charge in [-0.05, 0) is 41.9 Å². The summed E-state index contributed by atoms with van der Waals surface area (Å²) in [5.41, 5.74) is -0.987. The third-order valence-corrected chi connectivity index (χ3v) is 4.78. The van der Waals surface area contributed by atoms with Crippen LogP contribution in [0, 0.1) is 0 Å². The molecule has 0 radical (unpaired) electrons. The second-order valence-corrected chi connectivity index (χ2v) is 7.51. The fourth-order valence-corrected chi connectivity index (χ4v) is 4.17. The smallest absolute Gasteiger partial charge is 0.244 e. The van der Waals surface area contributed by atoms with Crippen molar-refractivity contribution in [2.75, 3.05) is 13.7 Å². The first kappa shape index (κ1) is 16.7. The van der Waals surface area contributed by atoms with E-state index < -0.39 is 15.6 Å². The van der Waals surface area contributed by atoms with Gasteiger partial charge in [0.25, 0.3) is 0 Å². The van der Waals surface area contributed by atoms with Crippen LogP contribution in [0.4, 0.5) is 0 Å². The van der Waals surface area contributed by atoms with Gasteiger partial charge in [0.05, 0.1) is 23.7 Å². The molecule has 0 saturated carbocycles. The monoisotopic (exact) mass is 371 g/mol. The summed E-state index contributed by atoms with van der Waals surface area (Å²) in [6, 6.07) is 2.83. The number of aliphatic hydroxyl groups excluding tert-OH is 1. The summed E-state index contributed by atoms with van der Waals surface area (Å²) in [5.74, 6) is 0.158. The fraction of sp³-hybridized carbons (Fsp3) is 0.455. The summed E-state index contributed by atoms with van der Waals surface area (Å²) in [7, 11) is -2.50. The van der Waals surface area contributed by atoms with Gasteiger partial charge in [0.15, 0.2) is 5.75 Å². The van der Waals surface area contributed by atoms with Crippen LogP contribution < -0.4 is 9.46 Å². The Balaban J connectivity index is 3.37. The molecule has 0 bridgehead atoms. The fourth-order valence-electron chi connectivity index (χ4n) is 1.39. The van der Waals surface area contributed by atoms with E-state index in [0.717, 1.165) is 0 Å². The Morgan fingerprint density at radius 3 is 2.53 bits per heavy atom. The van der Waals surface area contributed by atoms with Crippen LogP contribution in [0.3, 0.4) is 0 Å². The average molecular weight is 373 g/mol. The molecule has 5 nitrogen and oxygen atoms in total. The van der Waals surface area contributed by atoms with Gasteiger partial charge in [0.1, 0.15) is 4.90 Å². The first-order valence-electron chi connectivity index (χ1n) is 5.31. The predicted molar refractivity (Wildman–Crippen MR) is 77.2 cm³/mol. The van der Waals surface area contributed by atoms with Gasteiger partial charge in [-0.25, -0.2) is 13.1 Å². The van der Waals surface area contributed by atoms with E-state index in [9.17, 15) is 8.42 Å². The number of sulfonamides is 1.